The summed E-state index contributed by atoms with van der Waals surface area (Å²) in [6.07, 6.45) is -2.27. The van der Waals surface area contributed by atoms with Gasteiger partial charge in [0.2, 0.25) is 21.8 Å². The Labute approximate surface area is 244 Å². The Kier molecular flexibility index (Phi) is 8.29. The first-order valence-electron chi connectivity index (χ1n) is 14.1. The van der Waals surface area contributed by atoms with Crippen LogP contribution in [0.3, 0.4) is 0 Å². The van der Waals surface area contributed by atoms with Gasteiger partial charge in [0.05, 0.1) is 4.75 Å². The lowest BCUT2D eigenvalue weighted by molar-refractivity contribution is -0.274. The molecule has 2 aliphatic carbocycles. The highest BCUT2D eigenvalue weighted by Crippen LogP contribution is 2.48. The molecule has 10 nitrogen and oxygen atoms in total. The first-order valence-corrected chi connectivity index (χ1v) is 15.6. The predicted molar refractivity (Wildman–Crippen MR) is 149 cm³/mol. The number of ether oxygens (including phenoxy) is 1. The van der Waals surface area contributed by atoms with Crippen molar-refractivity contribution in [2.45, 2.75) is 102 Å². The number of amides is 3. The van der Waals surface area contributed by atoms with Crippen LogP contribution < -0.4 is 20.1 Å². The van der Waals surface area contributed by atoms with Crippen LogP contribution in [0, 0.1) is 11.3 Å². The number of nitrogens with zero attached hydrogens (tertiary/aromatic N) is 1. The van der Waals surface area contributed by atoms with Gasteiger partial charge >= 0.3 is 6.36 Å². The van der Waals surface area contributed by atoms with Gasteiger partial charge < -0.3 is 20.3 Å². The van der Waals surface area contributed by atoms with E-state index in [4.69, 9.17) is 0 Å². The monoisotopic (exact) mass is 616 g/mol. The molecule has 0 aromatic heterocycles. The Morgan fingerprint density at radius 3 is 2.38 bits per heavy atom. The molecule has 42 heavy (non-hydrogen) atoms. The van der Waals surface area contributed by atoms with Crippen LogP contribution in [0.4, 0.5) is 18.9 Å². The Morgan fingerprint density at radius 2 is 1.83 bits per heavy atom. The molecular weight excluding hydrogens is 577 g/mol. The van der Waals surface area contributed by atoms with E-state index in [2.05, 4.69) is 20.1 Å². The number of carbonyl (C=O) groups excluding carboxylic acids is 3. The first-order chi connectivity index (χ1) is 19.3. The molecule has 0 bridgehead atoms. The van der Waals surface area contributed by atoms with E-state index in [9.17, 15) is 36.0 Å². The maximum atomic E-state index is 13.9. The molecule has 1 aliphatic heterocycles. The highest BCUT2D eigenvalue weighted by Gasteiger charge is 2.63. The maximum absolute atomic E-state index is 13.9. The molecule has 234 valence electrons. The lowest BCUT2D eigenvalue weighted by atomic mass is 9.85. The van der Waals surface area contributed by atoms with Crippen LogP contribution in [0.1, 0.15) is 73.1 Å². The van der Waals surface area contributed by atoms with Gasteiger partial charge in [-0.15, -0.1) is 13.2 Å². The molecule has 1 saturated heterocycles. The number of likely N-dealkylation sites (tertiary alicyclic amines) is 1. The third-order valence-corrected chi connectivity index (χ3v) is 10.7. The fraction of sp³-hybridized carbons (Fsp3) is 0.679. The summed E-state index contributed by atoms with van der Waals surface area (Å²) in [6.45, 7) is 9.06. The van der Waals surface area contributed by atoms with Crippen LogP contribution in [0.2, 0.25) is 0 Å². The Bertz CT molecular complexity index is 1340. The average molecular weight is 617 g/mol. The van der Waals surface area contributed by atoms with Crippen molar-refractivity contribution in [2.75, 3.05) is 11.9 Å². The molecule has 3 amide bonds. The van der Waals surface area contributed by atoms with Gasteiger partial charge in [-0.2, -0.15) is 0 Å². The van der Waals surface area contributed by atoms with E-state index in [1.807, 2.05) is 6.92 Å². The minimum absolute atomic E-state index is 0.232. The lowest BCUT2D eigenvalue weighted by Gasteiger charge is -2.36. The second kappa shape index (κ2) is 10.9. The number of halogens is 3. The predicted octanol–water partition coefficient (Wildman–Crippen LogP) is 3.69. The molecule has 0 spiro atoms. The summed E-state index contributed by atoms with van der Waals surface area (Å²) < 4.78 is 68.8. The molecule has 3 fully saturated rings. The molecule has 2 saturated carbocycles. The zero-order valence-electron chi connectivity index (χ0n) is 24.4. The van der Waals surface area contributed by atoms with E-state index in [0.717, 1.165) is 12.1 Å². The van der Waals surface area contributed by atoms with Crippen molar-refractivity contribution in [2.24, 2.45) is 11.3 Å². The summed E-state index contributed by atoms with van der Waals surface area (Å²) in [5.41, 5.74) is -1.85. The topological polar surface area (TPSA) is 134 Å². The number of benzene rings is 1. The smallest absolute Gasteiger partial charge is 0.406 e. The minimum atomic E-state index is -4.87. The van der Waals surface area contributed by atoms with Crippen molar-refractivity contribution in [1.82, 2.24) is 14.9 Å². The molecule has 14 heteroatoms. The van der Waals surface area contributed by atoms with Gasteiger partial charge in [0.25, 0.3) is 5.91 Å². The number of rotatable bonds is 10. The zero-order valence-corrected chi connectivity index (χ0v) is 25.2. The number of nitrogens with one attached hydrogen (secondary N) is 3. The van der Waals surface area contributed by atoms with E-state index in [1.54, 1.807) is 27.7 Å². The second-order valence-corrected chi connectivity index (χ2v) is 15.1. The highest BCUT2D eigenvalue weighted by atomic mass is 32.2. The van der Waals surface area contributed by atoms with Gasteiger partial charge in [-0.05, 0) is 62.5 Å². The highest BCUT2D eigenvalue weighted by molar-refractivity contribution is 7.91. The number of hydrogen-bond acceptors (Lipinski definition) is 7. The van der Waals surface area contributed by atoms with E-state index < -0.39 is 67.6 Å². The maximum Gasteiger partial charge on any atom is 0.573 e. The van der Waals surface area contributed by atoms with Crippen molar-refractivity contribution in [1.29, 1.82) is 0 Å². The molecule has 4 atom stereocenters. The number of anilines is 1. The van der Waals surface area contributed by atoms with Gasteiger partial charge in [-0.1, -0.05) is 40.2 Å². The molecule has 4 unspecified atom stereocenters. The normalized spacial score (nSPS) is 25.8. The summed E-state index contributed by atoms with van der Waals surface area (Å²) in [5, 5.41) is 5.81. The van der Waals surface area contributed by atoms with Gasteiger partial charge in [-0.3, -0.25) is 19.1 Å². The van der Waals surface area contributed by atoms with Gasteiger partial charge in [0.1, 0.15) is 23.4 Å². The van der Waals surface area contributed by atoms with Crippen molar-refractivity contribution in [3.05, 3.63) is 24.3 Å². The molecule has 1 aromatic rings. The fourth-order valence-corrected chi connectivity index (χ4v) is 6.77. The van der Waals surface area contributed by atoms with Crippen molar-refractivity contribution < 1.29 is 40.7 Å². The molecule has 4 rings (SSSR count). The molecule has 0 radical (unpaired) electrons. The summed E-state index contributed by atoms with van der Waals surface area (Å²) in [5.74, 6) is -2.42. The number of hydrogen-bond donors (Lipinski definition) is 3. The summed E-state index contributed by atoms with van der Waals surface area (Å²) in [7, 11) is -3.91. The van der Waals surface area contributed by atoms with Gasteiger partial charge in [-0.25, -0.2) is 8.42 Å². The summed E-state index contributed by atoms with van der Waals surface area (Å²) in [4.78, 5) is 42.1. The van der Waals surface area contributed by atoms with Crippen LogP contribution in [-0.2, 0) is 24.4 Å². The van der Waals surface area contributed by atoms with E-state index >= 15 is 0 Å². The van der Waals surface area contributed by atoms with Crippen molar-refractivity contribution in [3.63, 3.8) is 0 Å². The standard InChI is InChI=1S/C28H39F3N4O6S/c1-6-17-16-27(17,24(38)34-42(39,40)26(5)12-13-26)33-22(36)20-11-8-14-35(20)23(37)21(25(2,3)4)32-18-9-7-10-19(15-18)41-28(29,30)31/h7,9-10,15,17,20-21,32H,6,8,11-14,16H2,1-5H3,(H,33,36)(H,34,38). The molecule has 3 aliphatic rings. The Hall–Kier alpha value is -3.03. The summed E-state index contributed by atoms with van der Waals surface area (Å²) in [6, 6.07) is 3.36. The molecular formula is C28H39F3N4O6S. The molecule has 1 aromatic carbocycles. The molecule has 3 N–H and O–H groups in total. The van der Waals surface area contributed by atoms with E-state index in [-0.39, 0.29) is 24.6 Å². The van der Waals surface area contributed by atoms with Crippen LogP contribution >= 0.6 is 0 Å². The average Bonchev–Trinajstić information content (AvgIpc) is 3.73. The number of sulfonamides is 1. The summed E-state index contributed by atoms with van der Waals surface area (Å²) >= 11 is 0. The van der Waals surface area contributed by atoms with Crippen LogP contribution in [0.5, 0.6) is 5.75 Å². The van der Waals surface area contributed by atoms with E-state index in [0.29, 0.717) is 32.1 Å². The number of carbonyl (C=O) groups is 3. The Morgan fingerprint density at radius 1 is 1.17 bits per heavy atom. The van der Waals surface area contributed by atoms with Crippen molar-refractivity contribution >= 4 is 33.4 Å². The third kappa shape index (κ3) is 6.63. The van der Waals surface area contributed by atoms with Crippen LogP contribution in [0.15, 0.2) is 24.3 Å². The zero-order chi connectivity index (χ0) is 31.3. The minimum Gasteiger partial charge on any atom is -0.406 e. The van der Waals surface area contributed by atoms with Crippen LogP contribution in [-0.4, -0.2) is 66.3 Å². The molecule has 1 heterocycles. The SMILES string of the molecule is CCC1CC1(NC(=O)C1CCCN1C(=O)C(Nc1cccc(OC(F)(F)F)c1)C(C)(C)C)C(=O)NS(=O)(=O)C1(C)CC1. The van der Waals surface area contributed by atoms with E-state index in [1.165, 1.54) is 17.0 Å². The quantitative estimate of drug-likeness (QED) is 0.365. The first kappa shape index (κ1) is 31.9. The second-order valence-electron chi connectivity index (χ2n) is 12.9. The number of alkyl halides is 3. The fourth-order valence-electron chi connectivity index (χ4n) is 5.46. The van der Waals surface area contributed by atoms with Gasteiger partial charge in [0.15, 0.2) is 0 Å². The van der Waals surface area contributed by atoms with Gasteiger partial charge in [0, 0.05) is 18.3 Å². The third-order valence-electron chi connectivity index (χ3n) is 8.51. The van der Waals surface area contributed by atoms with Crippen LogP contribution in [0.25, 0.3) is 0 Å². The largest absolute Gasteiger partial charge is 0.573 e. The Balaban J connectivity index is 1.50. The lowest BCUT2D eigenvalue weighted by Crippen LogP contribution is -2.59. The van der Waals surface area contributed by atoms with Crippen molar-refractivity contribution in [3.8, 4) is 5.75 Å².